The zero-order valence-corrected chi connectivity index (χ0v) is 6.64. The monoisotopic (exact) mass is 144 g/mol. The Morgan fingerprint density at radius 3 is 3.27 bits per heavy atom. The molecule has 1 atom stereocenters. The summed E-state index contributed by atoms with van der Waals surface area (Å²) >= 11 is 0. The van der Waals surface area contributed by atoms with Gasteiger partial charge >= 0.3 is 0 Å². The van der Waals surface area contributed by atoms with Crippen molar-refractivity contribution in [2.45, 2.75) is 31.6 Å². The first-order valence-electron chi connectivity index (χ1n) is 4.56. The molecular formula is C11H12. The van der Waals surface area contributed by atoms with Gasteiger partial charge in [-0.1, -0.05) is 18.2 Å². The Kier molecular flexibility index (Phi) is 0.993. The molecule has 0 amide bonds. The van der Waals surface area contributed by atoms with Crippen LogP contribution in [0.3, 0.4) is 0 Å². The Bertz CT molecular complexity index is 285. The van der Waals surface area contributed by atoms with Crippen molar-refractivity contribution in [3.8, 4) is 0 Å². The van der Waals surface area contributed by atoms with Crippen LogP contribution in [0.4, 0.5) is 0 Å². The molecule has 0 spiro atoms. The van der Waals surface area contributed by atoms with Gasteiger partial charge in [0, 0.05) is 0 Å². The van der Waals surface area contributed by atoms with Crippen molar-refractivity contribution >= 4 is 0 Å². The molecule has 56 valence electrons. The van der Waals surface area contributed by atoms with Crippen LogP contribution in [0.25, 0.3) is 0 Å². The van der Waals surface area contributed by atoms with Gasteiger partial charge < -0.3 is 0 Å². The largest absolute Gasteiger partial charge is 0.0617 e. The zero-order chi connectivity index (χ0) is 7.26. The van der Waals surface area contributed by atoms with E-state index < -0.39 is 0 Å². The van der Waals surface area contributed by atoms with Crippen LogP contribution >= 0.6 is 0 Å². The lowest BCUT2D eigenvalue weighted by molar-refractivity contribution is 0.566. The molecule has 0 N–H and O–H groups in total. The van der Waals surface area contributed by atoms with E-state index in [-0.39, 0.29) is 0 Å². The lowest BCUT2D eigenvalue weighted by Gasteiger charge is -2.28. The molecule has 1 aromatic rings. The highest BCUT2D eigenvalue weighted by atomic mass is 14.3. The number of hydrogen-bond donors (Lipinski definition) is 0. The fraction of sp³-hybridized carbons (Fsp3) is 0.455. The van der Waals surface area contributed by atoms with E-state index in [1.165, 1.54) is 25.7 Å². The second-order valence-electron chi connectivity index (χ2n) is 3.78. The molecule has 0 heterocycles. The normalized spacial score (nSPS) is 25.6. The van der Waals surface area contributed by atoms with E-state index in [9.17, 15) is 0 Å². The Balaban J connectivity index is 2.25. The molecule has 1 aromatic carbocycles. The summed E-state index contributed by atoms with van der Waals surface area (Å²) in [5.74, 6) is 0.937. The smallest absolute Gasteiger partial charge is 0.0118 e. The summed E-state index contributed by atoms with van der Waals surface area (Å²) in [6, 6.07) is 6.85. The maximum absolute atomic E-state index is 2.32. The van der Waals surface area contributed by atoms with E-state index in [2.05, 4.69) is 18.2 Å². The predicted molar refractivity (Wildman–Crippen MR) is 45.8 cm³/mol. The van der Waals surface area contributed by atoms with Gasteiger partial charge in [-0.15, -0.1) is 0 Å². The van der Waals surface area contributed by atoms with Gasteiger partial charge in [-0.3, -0.25) is 0 Å². The predicted octanol–water partition coefficient (Wildman–Crippen LogP) is 2.66. The number of rotatable bonds is 0. The van der Waals surface area contributed by atoms with Crippen LogP contribution in [-0.2, 0) is 12.8 Å². The van der Waals surface area contributed by atoms with Crippen molar-refractivity contribution in [1.82, 2.24) is 0 Å². The van der Waals surface area contributed by atoms with Gasteiger partial charge in [0.05, 0.1) is 0 Å². The Labute approximate surface area is 67.2 Å². The highest BCUT2D eigenvalue weighted by molar-refractivity contribution is 5.46. The molecule has 0 fully saturated rings. The molecular weight excluding hydrogens is 132 g/mol. The summed E-state index contributed by atoms with van der Waals surface area (Å²) in [5.41, 5.74) is 4.99. The second-order valence-corrected chi connectivity index (χ2v) is 3.78. The standard InChI is InChI=1S/C11H12/c1-3-8-4-2-6-10-9(5-1)7-11(8)10/h2,4,6,9H,1,3,5,7H2. The maximum Gasteiger partial charge on any atom is -0.0118 e. The Morgan fingerprint density at radius 1 is 1.27 bits per heavy atom. The van der Waals surface area contributed by atoms with Gasteiger partial charge in [0.15, 0.2) is 0 Å². The van der Waals surface area contributed by atoms with E-state index in [0.717, 1.165) is 5.92 Å². The summed E-state index contributed by atoms with van der Waals surface area (Å²) < 4.78 is 0. The highest BCUT2D eigenvalue weighted by Gasteiger charge is 2.29. The van der Waals surface area contributed by atoms with Crippen molar-refractivity contribution in [3.05, 3.63) is 34.9 Å². The minimum Gasteiger partial charge on any atom is -0.0617 e. The molecule has 1 unspecified atom stereocenters. The minimum absolute atomic E-state index is 0.937. The molecule has 0 saturated heterocycles. The number of aryl methyl sites for hydroxylation is 1. The molecule has 0 saturated carbocycles. The average Bonchev–Trinajstić information content (AvgIpc) is 2.24. The second kappa shape index (κ2) is 1.88. The van der Waals surface area contributed by atoms with Crippen LogP contribution < -0.4 is 0 Å². The van der Waals surface area contributed by atoms with Gasteiger partial charge in [-0.25, -0.2) is 0 Å². The average molecular weight is 144 g/mol. The molecule has 0 radical (unpaired) electrons. The lowest BCUT2D eigenvalue weighted by Crippen LogP contribution is -2.15. The van der Waals surface area contributed by atoms with Crippen LogP contribution in [0.15, 0.2) is 18.2 Å². The van der Waals surface area contributed by atoms with Crippen LogP contribution in [0.1, 0.15) is 35.4 Å². The molecule has 0 nitrogen and oxygen atoms in total. The van der Waals surface area contributed by atoms with E-state index in [1.54, 1.807) is 16.7 Å². The SMILES string of the molecule is c1cc2c3c(c1)C(CCC2)C3. The van der Waals surface area contributed by atoms with Gasteiger partial charge in [0.1, 0.15) is 0 Å². The summed E-state index contributed by atoms with van der Waals surface area (Å²) in [5, 5.41) is 0. The molecule has 11 heavy (non-hydrogen) atoms. The first kappa shape index (κ1) is 5.82. The van der Waals surface area contributed by atoms with Crippen molar-refractivity contribution in [2.75, 3.05) is 0 Å². The third kappa shape index (κ3) is 0.649. The summed E-state index contributed by atoms with van der Waals surface area (Å²) in [6.07, 6.45) is 5.55. The van der Waals surface area contributed by atoms with Gasteiger partial charge in [0.2, 0.25) is 0 Å². The number of hydrogen-bond acceptors (Lipinski definition) is 0. The summed E-state index contributed by atoms with van der Waals surface area (Å²) in [7, 11) is 0. The summed E-state index contributed by atoms with van der Waals surface area (Å²) in [4.78, 5) is 0. The van der Waals surface area contributed by atoms with E-state index in [4.69, 9.17) is 0 Å². The Hall–Kier alpha value is -0.780. The fourth-order valence-electron chi connectivity index (χ4n) is 2.54. The van der Waals surface area contributed by atoms with Crippen LogP contribution in [0, 0.1) is 0 Å². The first-order valence-corrected chi connectivity index (χ1v) is 4.56. The van der Waals surface area contributed by atoms with Crippen molar-refractivity contribution in [1.29, 1.82) is 0 Å². The van der Waals surface area contributed by atoms with Gasteiger partial charge in [-0.05, 0) is 48.3 Å². The molecule has 0 aromatic heterocycles. The van der Waals surface area contributed by atoms with Crippen LogP contribution in [0.5, 0.6) is 0 Å². The zero-order valence-electron chi connectivity index (χ0n) is 6.64. The van der Waals surface area contributed by atoms with Crippen molar-refractivity contribution < 1.29 is 0 Å². The van der Waals surface area contributed by atoms with Gasteiger partial charge in [-0.2, -0.15) is 0 Å². The Morgan fingerprint density at radius 2 is 2.27 bits per heavy atom. The molecule has 0 heteroatoms. The quantitative estimate of drug-likeness (QED) is 0.525. The third-order valence-electron chi connectivity index (χ3n) is 3.20. The molecule has 2 aliphatic carbocycles. The van der Waals surface area contributed by atoms with Crippen molar-refractivity contribution in [3.63, 3.8) is 0 Å². The highest BCUT2D eigenvalue weighted by Crippen LogP contribution is 2.43. The van der Waals surface area contributed by atoms with Crippen LogP contribution in [0.2, 0.25) is 0 Å². The number of benzene rings is 1. The van der Waals surface area contributed by atoms with E-state index in [1.807, 2.05) is 0 Å². The maximum atomic E-state index is 2.32. The molecule has 0 aliphatic heterocycles. The van der Waals surface area contributed by atoms with E-state index in [0.29, 0.717) is 0 Å². The van der Waals surface area contributed by atoms with Crippen molar-refractivity contribution in [2.24, 2.45) is 0 Å². The molecule has 2 aliphatic rings. The first-order chi connectivity index (χ1) is 5.45. The fourth-order valence-corrected chi connectivity index (χ4v) is 2.54. The van der Waals surface area contributed by atoms with Crippen LogP contribution in [-0.4, -0.2) is 0 Å². The lowest BCUT2D eigenvalue weighted by atomic mass is 9.76. The van der Waals surface area contributed by atoms with Gasteiger partial charge in [0.25, 0.3) is 0 Å². The topological polar surface area (TPSA) is 0 Å². The summed E-state index contributed by atoms with van der Waals surface area (Å²) in [6.45, 7) is 0. The molecule has 4 bridgehead atoms. The minimum atomic E-state index is 0.937. The molecule has 3 rings (SSSR count). The van der Waals surface area contributed by atoms with E-state index >= 15 is 0 Å². The third-order valence-corrected chi connectivity index (χ3v) is 3.20.